The van der Waals surface area contributed by atoms with Crippen LogP contribution in [0.15, 0.2) is 22.7 Å². The molecule has 2 aliphatic heterocycles. The molecule has 1 aromatic heterocycles. The summed E-state index contributed by atoms with van der Waals surface area (Å²) in [6.45, 7) is -1.80. The number of carbonyl (C=O) groups is 3. The standard InChI is InChI=1S/C17H21BF2N4O6S.C2HF3O2.Na/c1-9-5-10(2)23-14(9)6-11-7-15(31(28,29)30)13(24(11)18(23,19)20)3-4-16(25)22-8-12(21)17(26)27;3-2(4,5)1(6)7;/h5-7,12H,3-4,8,21H2,1-2H3,(H,22,25)(H,26,27)(H,28,29,30);(H,6,7);/q;;+1/p-1/t12-;;/m1../s1. The summed E-state index contributed by atoms with van der Waals surface area (Å²) in [5.74, 6) is -4.83. The molecule has 0 aliphatic carbocycles. The van der Waals surface area contributed by atoms with Gasteiger partial charge in [0.05, 0.1) is 0 Å². The van der Waals surface area contributed by atoms with Gasteiger partial charge in [-0.3, -0.25) is 9.59 Å². The van der Waals surface area contributed by atoms with Crippen LogP contribution in [0.4, 0.5) is 21.8 Å². The first-order valence-corrected chi connectivity index (χ1v) is 11.9. The molecule has 0 radical (unpaired) electrons. The summed E-state index contributed by atoms with van der Waals surface area (Å²) in [5, 5.41) is 18.1. The van der Waals surface area contributed by atoms with E-state index in [2.05, 4.69) is 5.32 Å². The Kier molecular flexibility index (Phi) is 10.9. The van der Waals surface area contributed by atoms with Crippen LogP contribution in [-0.2, 0) is 24.5 Å². The van der Waals surface area contributed by atoms with Crippen molar-refractivity contribution in [2.24, 2.45) is 5.73 Å². The molecule has 210 valence electrons. The Morgan fingerprint density at radius 3 is 2.21 bits per heavy atom. The number of nitrogens with two attached hydrogens (primary N) is 1. The molecule has 0 saturated carbocycles. The Hall–Kier alpha value is -2.58. The molecular weight excluding hydrogens is 573 g/mol. The fraction of sp³-hybridized carbons (Fsp3) is 0.368. The van der Waals surface area contributed by atoms with Crippen LogP contribution in [0.2, 0.25) is 0 Å². The Morgan fingerprint density at radius 2 is 1.74 bits per heavy atom. The van der Waals surface area contributed by atoms with E-state index >= 15 is 8.63 Å². The number of amides is 1. The minimum atomic E-state index is -5.11. The zero-order valence-corrected chi connectivity index (χ0v) is 23.4. The fourth-order valence-corrected chi connectivity index (χ4v) is 4.57. The number of aromatic nitrogens is 1. The number of aliphatic carboxylic acids is 2. The van der Waals surface area contributed by atoms with Crippen molar-refractivity contribution in [3.8, 4) is 0 Å². The van der Waals surface area contributed by atoms with Crippen LogP contribution < -0.4 is 40.6 Å². The second-order valence-electron chi connectivity index (χ2n) is 8.21. The Morgan fingerprint density at radius 1 is 1.21 bits per heavy atom. The molecule has 0 fully saturated rings. The van der Waals surface area contributed by atoms with E-state index in [-0.39, 0.29) is 46.6 Å². The zero-order chi connectivity index (χ0) is 29.4. The van der Waals surface area contributed by atoms with Gasteiger partial charge in [0.25, 0.3) is 0 Å². The number of carboxylic acid groups (broad SMARTS) is 2. The van der Waals surface area contributed by atoms with Crippen LogP contribution in [-0.4, -0.2) is 81.4 Å². The number of hydrogen-bond acceptors (Lipinski definition) is 7. The number of allylic oxidation sites excluding steroid dienone is 2. The van der Waals surface area contributed by atoms with E-state index in [1.54, 1.807) is 13.0 Å². The van der Waals surface area contributed by atoms with E-state index in [0.717, 1.165) is 10.6 Å². The van der Waals surface area contributed by atoms with Crippen molar-refractivity contribution in [2.45, 2.75) is 38.9 Å². The number of carbonyl (C=O) groups excluding carboxylic acids is 1. The molecular formula is C19H21BF5N4NaO8S. The largest absolute Gasteiger partial charge is 1.00 e. The second kappa shape index (κ2) is 12.3. The summed E-state index contributed by atoms with van der Waals surface area (Å²) in [6, 6.07) is 0.209. The second-order valence-corrected chi connectivity index (χ2v) is 9.56. The summed E-state index contributed by atoms with van der Waals surface area (Å²) in [6.07, 6.45) is -3.77. The third-order valence-corrected chi connectivity index (χ3v) is 6.34. The van der Waals surface area contributed by atoms with E-state index < -0.39 is 77.2 Å². The van der Waals surface area contributed by atoms with E-state index in [1.165, 1.54) is 13.0 Å². The smallest absolute Gasteiger partial charge is 0.744 e. The number of hydrogen-bond donors (Lipinski definition) is 4. The Bertz CT molecular complexity index is 1390. The molecule has 1 atom stereocenters. The van der Waals surface area contributed by atoms with Crippen molar-refractivity contribution in [3.63, 3.8) is 0 Å². The molecule has 12 nitrogen and oxygen atoms in total. The summed E-state index contributed by atoms with van der Waals surface area (Å²) < 4.78 is 99.2. The minimum Gasteiger partial charge on any atom is -0.744 e. The van der Waals surface area contributed by atoms with Gasteiger partial charge in [-0.15, -0.1) is 0 Å². The normalized spacial score (nSPS) is 16.4. The van der Waals surface area contributed by atoms with Crippen molar-refractivity contribution in [1.82, 2.24) is 9.79 Å². The summed E-state index contributed by atoms with van der Waals surface area (Å²) in [5.41, 5.74) is 5.66. The first-order chi connectivity index (χ1) is 17.2. The van der Waals surface area contributed by atoms with Crippen LogP contribution >= 0.6 is 0 Å². The number of alkyl halides is 3. The van der Waals surface area contributed by atoms with Gasteiger partial charge in [-0.2, -0.15) is 13.2 Å². The van der Waals surface area contributed by atoms with E-state index in [4.69, 9.17) is 20.7 Å². The number of carboxylic acids is 2. The Balaban J connectivity index is 0.000000841. The first kappa shape index (κ1) is 34.5. The SMILES string of the molecule is Cc1cc(C)n2c1C=C1C=C(S(=O)(=O)[O-])C(CCC(=O)NC[C@@H](N)C(=O)O)=[N+]1[B-]2(F)F.O=C(O)C(F)(F)F.[Na+]. The van der Waals surface area contributed by atoms with E-state index in [0.29, 0.717) is 10.0 Å². The maximum Gasteiger partial charge on any atom is 1.00 e. The van der Waals surface area contributed by atoms with Gasteiger partial charge in [0, 0.05) is 37.2 Å². The van der Waals surface area contributed by atoms with Crippen LogP contribution in [0, 0.1) is 13.8 Å². The predicted octanol–water partition coefficient (Wildman–Crippen LogP) is -2.48. The number of fused-ring (bicyclic) bond motifs is 2. The van der Waals surface area contributed by atoms with Gasteiger partial charge in [0.2, 0.25) is 5.91 Å². The molecule has 1 aromatic rings. The summed E-state index contributed by atoms with van der Waals surface area (Å²) in [7, 11) is -5.11. The maximum absolute atomic E-state index is 15.5. The van der Waals surface area contributed by atoms with Crippen molar-refractivity contribution < 1.29 is 93.4 Å². The van der Waals surface area contributed by atoms with E-state index in [9.17, 15) is 35.7 Å². The molecule has 0 aromatic carbocycles. The fourth-order valence-electron chi connectivity index (χ4n) is 3.82. The van der Waals surface area contributed by atoms with Crippen LogP contribution in [0.5, 0.6) is 0 Å². The van der Waals surface area contributed by atoms with Gasteiger partial charge >= 0.3 is 54.6 Å². The topological polar surface area (TPSA) is 195 Å². The molecule has 3 rings (SSSR count). The van der Waals surface area contributed by atoms with Gasteiger partial charge < -0.3 is 43.4 Å². The summed E-state index contributed by atoms with van der Waals surface area (Å²) in [4.78, 5) is 30.8. The van der Waals surface area contributed by atoms with Crippen molar-refractivity contribution in [3.05, 3.63) is 39.7 Å². The first-order valence-electron chi connectivity index (χ1n) is 10.5. The van der Waals surface area contributed by atoms with Crippen molar-refractivity contribution >= 4 is 46.7 Å². The third-order valence-electron chi connectivity index (χ3n) is 5.44. The number of aryl methyl sites for hydroxylation is 2. The molecule has 0 unspecified atom stereocenters. The molecule has 2 aliphatic rings. The van der Waals surface area contributed by atoms with Crippen LogP contribution in [0.25, 0.3) is 6.08 Å². The number of nitrogens with zero attached hydrogens (tertiary/aromatic N) is 2. The average Bonchev–Trinajstić information content (AvgIpc) is 3.28. The molecule has 5 N–H and O–H groups in total. The monoisotopic (exact) mass is 594 g/mol. The predicted molar refractivity (Wildman–Crippen MR) is 120 cm³/mol. The number of halogens is 5. The maximum atomic E-state index is 15.5. The quantitative estimate of drug-likeness (QED) is 0.150. The molecule has 39 heavy (non-hydrogen) atoms. The molecule has 20 heteroatoms. The summed E-state index contributed by atoms with van der Waals surface area (Å²) >= 11 is 0. The van der Waals surface area contributed by atoms with Gasteiger partial charge in [0.1, 0.15) is 21.1 Å². The molecule has 3 heterocycles. The zero-order valence-electron chi connectivity index (χ0n) is 20.6. The average molecular weight is 594 g/mol. The van der Waals surface area contributed by atoms with Crippen LogP contribution in [0.1, 0.15) is 29.8 Å². The molecule has 0 bridgehead atoms. The number of rotatable bonds is 7. The minimum absolute atomic E-state index is 0. The van der Waals surface area contributed by atoms with Crippen LogP contribution in [0.3, 0.4) is 0 Å². The van der Waals surface area contributed by atoms with E-state index in [1.807, 2.05) is 0 Å². The third kappa shape index (κ3) is 7.76. The van der Waals surface area contributed by atoms with Crippen molar-refractivity contribution in [2.75, 3.05) is 6.54 Å². The number of nitrogens with one attached hydrogen (secondary N) is 1. The molecule has 0 saturated heterocycles. The molecule has 1 amide bonds. The molecule has 0 spiro atoms. The van der Waals surface area contributed by atoms with Gasteiger partial charge in [-0.25, -0.2) is 13.2 Å². The van der Waals surface area contributed by atoms with Gasteiger partial charge in [-0.1, -0.05) is 0 Å². The Labute approximate surface area is 240 Å². The van der Waals surface area contributed by atoms with Crippen molar-refractivity contribution in [1.29, 1.82) is 0 Å². The van der Waals surface area contributed by atoms with Gasteiger partial charge in [0.15, 0.2) is 11.4 Å². The van der Waals surface area contributed by atoms with Gasteiger partial charge in [-0.05, 0) is 31.2 Å².